The van der Waals surface area contributed by atoms with Gasteiger partial charge < -0.3 is 0 Å². The first-order valence-electron chi connectivity index (χ1n) is 7.25. The molecule has 0 fully saturated rings. The molecule has 0 amide bonds. The summed E-state index contributed by atoms with van der Waals surface area (Å²) in [5, 5.41) is 0. The highest BCUT2D eigenvalue weighted by Gasteiger charge is 2.17. The molecule has 114 valence electrons. The molecular formula is C19H21NOS. The minimum atomic E-state index is -1.24. The molecule has 0 aliphatic heterocycles. The van der Waals surface area contributed by atoms with Crippen LogP contribution in [0.3, 0.4) is 0 Å². The van der Waals surface area contributed by atoms with E-state index in [2.05, 4.69) is 28.7 Å². The lowest BCUT2D eigenvalue weighted by molar-refractivity contribution is 0.651. The molecule has 0 saturated heterocycles. The molecule has 0 aliphatic carbocycles. The van der Waals surface area contributed by atoms with Crippen molar-refractivity contribution < 1.29 is 4.21 Å². The Bertz CT molecular complexity index is 641. The minimum absolute atomic E-state index is 0.343. The average Bonchev–Trinajstić information content (AvgIpc) is 2.52. The van der Waals surface area contributed by atoms with E-state index in [1.807, 2.05) is 63.2 Å². The van der Waals surface area contributed by atoms with Crippen molar-refractivity contribution in [3.63, 3.8) is 0 Å². The Labute approximate surface area is 135 Å². The van der Waals surface area contributed by atoms with Gasteiger partial charge in [-0.3, -0.25) is 0 Å². The number of nitrogens with zero attached hydrogens (tertiary/aromatic N) is 1. The quantitative estimate of drug-likeness (QED) is 0.756. The smallest absolute Gasteiger partial charge is 0.144 e. The third-order valence-corrected chi connectivity index (χ3v) is 4.45. The number of rotatable bonds is 4. The van der Waals surface area contributed by atoms with Crippen LogP contribution in [0.1, 0.15) is 31.9 Å². The Kier molecular flexibility index (Phi) is 5.45. The third kappa shape index (κ3) is 4.50. The lowest BCUT2D eigenvalue weighted by Gasteiger charge is -2.12. The Morgan fingerprint density at radius 1 is 0.909 bits per heavy atom. The van der Waals surface area contributed by atoms with E-state index in [-0.39, 0.29) is 4.75 Å². The molecule has 2 aromatic carbocycles. The Hall–Kier alpha value is -2.00. The van der Waals surface area contributed by atoms with E-state index in [1.165, 1.54) is 0 Å². The topological polar surface area (TPSA) is 29.4 Å². The molecule has 2 nitrogen and oxygen atoms in total. The second-order valence-electron chi connectivity index (χ2n) is 5.93. The van der Waals surface area contributed by atoms with Crippen molar-refractivity contribution in [3.8, 4) is 0 Å². The van der Waals surface area contributed by atoms with E-state index in [0.29, 0.717) is 0 Å². The van der Waals surface area contributed by atoms with Gasteiger partial charge in [-0.15, -0.1) is 0 Å². The second kappa shape index (κ2) is 7.32. The number of allylic oxidation sites excluding steroid dienone is 1. The van der Waals surface area contributed by atoms with Crippen molar-refractivity contribution in [1.82, 2.24) is 0 Å². The van der Waals surface area contributed by atoms with E-state index < -0.39 is 11.0 Å². The molecule has 0 bridgehead atoms. The molecule has 22 heavy (non-hydrogen) atoms. The number of benzene rings is 2. The van der Waals surface area contributed by atoms with Crippen LogP contribution >= 0.6 is 0 Å². The van der Waals surface area contributed by atoms with Crippen LogP contribution in [0.25, 0.3) is 5.57 Å². The summed E-state index contributed by atoms with van der Waals surface area (Å²) in [6, 6.07) is 20.3. The summed E-state index contributed by atoms with van der Waals surface area (Å²) in [4.78, 5) is 0. The second-order valence-corrected chi connectivity index (χ2v) is 7.86. The fraction of sp³-hybridized carbons (Fsp3) is 0.211. The van der Waals surface area contributed by atoms with Crippen LogP contribution in [0.2, 0.25) is 0 Å². The third-order valence-electron chi connectivity index (χ3n) is 3.09. The van der Waals surface area contributed by atoms with Gasteiger partial charge in [-0.2, -0.15) is 4.40 Å². The molecule has 0 saturated carbocycles. The summed E-state index contributed by atoms with van der Waals surface area (Å²) in [6.45, 7) is 5.75. The van der Waals surface area contributed by atoms with Crippen LogP contribution in [0, 0.1) is 0 Å². The molecule has 0 aliphatic rings. The van der Waals surface area contributed by atoms with Crippen molar-refractivity contribution in [2.45, 2.75) is 25.5 Å². The van der Waals surface area contributed by atoms with Crippen LogP contribution in [0.15, 0.2) is 71.1 Å². The van der Waals surface area contributed by atoms with Crippen LogP contribution < -0.4 is 0 Å². The van der Waals surface area contributed by atoms with Crippen LogP contribution in [-0.2, 0) is 11.0 Å². The maximum atomic E-state index is 12.0. The van der Waals surface area contributed by atoms with E-state index in [1.54, 1.807) is 6.21 Å². The summed E-state index contributed by atoms with van der Waals surface area (Å²) in [7, 11) is -1.24. The van der Waals surface area contributed by atoms with Crippen LogP contribution in [0.4, 0.5) is 0 Å². The van der Waals surface area contributed by atoms with Crippen molar-refractivity contribution in [2.75, 3.05) is 0 Å². The fourth-order valence-corrected chi connectivity index (χ4v) is 2.40. The van der Waals surface area contributed by atoms with Crippen molar-refractivity contribution in [1.29, 1.82) is 0 Å². The summed E-state index contributed by atoms with van der Waals surface area (Å²) < 4.78 is 15.8. The maximum Gasteiger partial charge on any atom is 0.144 e. The Balaban J connectivity index is 2.36. The first-order chi connectivity index (χ1) is 10.5. The van der Waals surface area contributed by atoms with Gasteiger partial charge in [0.05, 0.1) is 4.75 Å². The Morgan fingerprint density at radius 2 is 1.36 bits per heavy atom. The summed E-state index contributed by atoms with van der Waals surface area (Å²) >= 11 is 0. The lowest BCUT2D eigenvalue weighted by atomic mass is 9.98. The Morgan fingerprint density at radius 3 is 1.77 bits per heavy atom. The monoisotopic (exact) mass is 311 g/mol. The number of hydrogen-bond acceptors (Lipinski definition) is 1. The zero-order valence-corrected chi connectivity index (χ0v) is 14.0. The van der Waals surface area contributed by atoms with Crippen LogP contribution in [0.5, 0.6) is 0 Å². The average molecular weight is 311 g/mol. The van der Waals surface area contributed by atoms with Crippen molar-refractivity contribution in [2.24, 2.45) is 4.40 Å². The van der Waals surface area contributed by atoms with Gasteiger partial charge in [-0.1, -0.05) is 60.7 Å². The van der Waals surface area contributed by atoms with Gasteiger partial charge in [0.15, 0.2) is 0 Å². The molecule has 2 aromatic rings. The molecule has 2 rings (SSSR count). The van der Waals surface area contributed by atoms with E-state index in [0.717, 1.165) is 16.7 Å². The SMILES string of the molecule is CC(C)(C)S(=O)/N=C/C=C(c1ccccc1)c1ccccc1. The predicted octanol–water partition coefficient (Wildman–Crippen LogP) is 4.65. The highest BCUT2D eigenvalue weighted by Crippen LogP contribution is 2.22. The summed E-state index contributed by atoms with van der Waals surface area (Å²) in [5.41, 5.74) is 3.29. The fourth-order valence-electron chi connectivity index (χ4n) is 1.91. The van der Waals surface area contributed by atoms with Gasteiger partial charge in [0.25, 0.3) is 0 Å². The molecule has 1 atom stereocenters. The highest BCUT2D eigenvalue weighted by molar-refractivity contribution is 7.85. The molecule has 0 radical (unpaired) electrons. The first kappa shape index (κ1) is 16.4. The largest absolute Gasteiger partial charge is 0.234 e. The zero-order chi connectivity index (χ0) is 16.0. The molecule has 0 aromatic heterocycles. The lowest BCUT2D eigenvalue weighted by Crippen LogP contribution is -2.19. The van der Waals surface area contributed by atoms with Gasteiger partial charge in [0.2, 0.25) is 0 Å². The van der Waals surface area contributed by atoms with Gasteiger partial charge in [-0.05, 0) is 43.5 Å². The van der Waals surface area contributed by atoms with Gasteiger partial charge in [0, 0.05) is 6.21 Å². The molecule has 1 unspecified atom stereocenters. The predicted molar refractivity (Wildman–Crippen MR) is 96.4 cm³/mol. The molecule has 0 spiro atoms. The van der Waals surface area contributed by atoms with E-state index in [9.17, 15) is 4.21 Å². The molecular weight excluding hydrogens is 290 g/mol. The molecule has 0 heterocycles. The maximum absolute atomic E-state index is 12.0. The zero-order valence-electron chi connectivity index (χ0n) is 13.2. The van der Waals surface area contributed by atoms with Gasteiger partial charge >= 0.3 is 0 Å². The molecule has 3 heteroatoms. The summed E-state index contributed by atoms with van der Waals surface area (Å²) in [6.07, 6.45) is 3.57. The van der Waals surface area contributed by atoms with Gasteiger partial charge in [-0.25, -0.2) is 4.21 Å². The highest BCUT2D eigenvalue weighted by atomic mass is 32.2. The standard InChI is InChI=1S/C19H21NOS/c1-19(2,3)22(21)20-15-14-18(16-10-6-4-7-11-16)17-12-8-5-9-13-17/h4-15H,1-3H3/b20-15+. The van der Waals surface area contributed by atoms with Crippen molar-refractivity contribution >= 4 is 22.8 Å². The van der Waals surface area contributed by atoms with Crippen molar-refractivity contribution in [3.05, 3.63) is 77.9 Å². The van der Waals surface area contributed by atoms with E-state index in [4.69, 9.17) is 0 Å². The van der Waals surface area contributed by atoms with Crippen LogP contribution in [-0.4, -0.2) is 15.2 Å². The van der Waals surface area contributed by atoms with E-state index >= 15 is 0 Å². The first-order valence-corrected chi connectivity index (χ1v) is 8.36. The number of hydrogen-bond donors (Lipinski definition) is 0. The van der Waals surface area contributed by atoms with Gasteiger partial charge in [0.1, 0.15) is 11.0 Å². The molecule has 0 N–H and O–H groups in total. The normalized spacial score (nSPS) is 13.0. The summed E-state index contributed by atoms with van der Waals surface area (Å²) in [5.74, 6) is 0. The minimum Gasteiger partial charge on any atom is -0.234 e.